The lowest BCUT2D eigenvalue weighted by Crippen LogP contribution is -2.11. The van der Waals surface area contributed by atoms with Crippen LogP contribution in [0.3, 0.4) is 0 Å². The predicted octanol–water partition coefficient (Wildman–Crippen LogP) is 1.75. The molecule has 0 saturated heterocycles. The minimum atomic E-state index is 0.333. The number of nitrogens with zero attached hydrogens (tertiary/aromatic N) is 1. The Hall–Kier alpha value is -1.06. The molecule has 2 N–H and O–H groups in total. The molecule has 3 heteroatoms. The molecule has 0 radical (unpaired) electrons. The lowest BCUT2D eigenvalue weighted by molar-refractivity contribution is 0.126. The van der Waals surface area contributed by atoms with Crippen molar-refractivity contribution in [3.63, 3.8) is 0 Å². The summed E-state index contributed by atoms with van der Waals surface area (Å²) in [6, 6.07) is 8.39. The first-order chi connectivity index (χ1) is 6.65. The zero-order valence-corrected chi connectivity index (χ0v) is 9.03. The molecular weight excluding hydrogens is 176 g/mol. The fraction of sp³-hybridized carbons (Fsp3) is 0.455. The van der Waals surface area contributed by atoms with Crippen molar-refractivity contribution >= 4 is 5.69 Å². The molecule has 0 aliphatic carbocycles. The summed E-state index contributed by atoms with van der Waals surface area (Å²) in [5.41, 5.74) is 2.45. The number of benzene rings is 1. The molecule has 0 heterocycles. The molecule has 1 aromatic carbocycles. The van der Waals surface area contributed by atoms with Crippen molar-refractivity contribution in [3.05, 3.63) is 29.8 Å². The zero-order valence-electron chi connectivity index (χ0n) is 9.03. The van der Waals surface area contributed by atoms with Gasteiger partial charge in [0.15, 0.2) is 0 Å². The van der Waals surface area contributed by atoms with E-state index in [2.05, 4.69) is 40.9 Å². The molecule has 0 spiro atoms. The fourth-order valence-corrected chi connectivity index (χ4v) is 1.35. The van der Waals surface area contributed by atoms with Gasteiger partial charge in [-0.2, -0.15) is 0 Å². The maximum atomic E-state index is 5.05. The maximum absolute atomic E-state index is 5.05. The Morgan fingerprint density at radius 2 is 2.14 bits per heavy atom. The van der Waals surface area contributed by atoms with Crippen LogP contribution in [-0.2, 0) is 4.84 Å². The Morgan fingerprint density at radius 1 is 1.43 bits per heavy atom. The molecule has 0 aliphatic heterocycles. The van der Waals surface area contributed by atoms with Crippen LogP contribution in [0.1, 0.15) is 18.4 Å². The SMILES string of the molecule is CC(CON)c1cccc(N(C)C)c1. The average Bonchev–Trinajstić information content (AvgIpc) is 2.18. The normalized spacial score (nSPS) is 12.6. The molecule has 0 amide bonds. The minimum Gasteiger partial charge on any atom is -0.378 e. The van der Waals surface area contributed by atoms with Crippen molar-refractivity contribution < 1.29 is 4.84 Å². The lowest BCUT2D eigenvalue weighted by atomic mass is 10.0. The van der Waals surface area contributed by atoms with Crippen LogP contribution in [0.2, 0.25) is 0 Å². The third-order valence-corrected chi connectivity index (χ3v) is 2.30. The van der Waals surface area contributed by atoms with Crippen molar-refractivity contribution in [3.8, 4) is 0 Å². The summed E-state index contributed by atoms with van der Waals surface area (Å²) in [5.74, 6) is 5.39. The number of anilines is 1. The van der Waals surface area contributed by atoms with Gasteiger partial charge in [0, 0.05) is 25.7 Å². The summed E-state index contributed by atoms with van der Waals surface area (Å²) in [6.07, 6.45) is 0. The quantitative estimate of drug-likeness (QED) is 0.742. The lowest BCUT2D eigenvalue weighted by Gasteiger charge is -2.16. The second-order valence-corrected chi connectivity index (χ2v) is 3.72. The molecule has 1 rings (SSSR count). The summed E-state index contributed by atoms with van der Waals surface area (Å²) >= 11 is 0. The predicted molar refractivity (Wildman–Crippen MR) is 59.3 cm³/mol. The topological polar surface area (TPSA) is 38.5 Å². The van der Waals surface area contributed by atoms with Gasteiger partial charge in [-0.15, -0.1) is 0 Å². The molecule has 0 aromatic heterocycles. The standard InChI is InChI=1S/C11H18N2O/c1-9(8-14-12)10-5-4-6-11(7-10)13(2)3/h4-7,9H,8,12H2,1-3H3. The van der Waals surface area contributed by atoms with Gasteiger partial charge < -0.3 is 9.74 Å². The molecule has 3 nitrogen and oxygen atoms in total. The van der Waals surface area contributed by atoms with E-state index in [0.717, 1.165) is 0 Å². The average molecular weight is 194 g/mol. The summed E-state index contributed by atoms with van der Waals surface area (Å²) < 4.78 is 0. The van der Waals surface area contributed by atoms with Gasteiger partial charge in [0.05, 0.1) is 6.61 Å². The highest BCUT2D eigenvalue weighted by Gasteiger charge is 2.06. The molecule has 14 heavy (non-hydrogen) atoms. The highest BCUT2D eigenvalue weighted by Crippen LogP contribution is 2.20. The van der Waals surface area contributed by atoms with Gasteiger partial charge in [-0.05, 0) is 17.7 Å². The van der Waals surface area contributed by atoms with Gasteiger partial charge in [-0.1, -0.05) is 19.1 Å². The fourth-order valence-electron chi connectivity index (χ4n) is 1.35. The van der Waals surface area contributed by atoms with E-state index in [-0.39, 0.29) is 0 Å². The molecule has 0 aliphatic rings. The molecule has 0 fully saturated rings. The first-order valence-electron chi connectivity index (χ1n) is 4.74. The van der Waals surface area contributed by atoms with Crippen LogP contribution < -0.4 is 10.8 Å². The van der Waals surface area contributed by atoms with E-state index in [0.29, 0.717) is 12.5 Å². The van der Waals surface area contributed by atoms with E-state index >= 15 is 0 Å². The minimum absolute atomic E-state index is 0.333. The van der Waals surface area contributed by atoms with Crippen LogP contribution in [-0.4, -0.2) is 20.7 Å². The van der Waals surface area contributed by atoms with E-state index in [9.17, 15) is 0 Å². The molecular formula is C11H18N2O. The molecule has 0 saturated carbocycles. The monoisotopic (exact) mass is 194 g/mol. The number of rotatable bonds is 4. The Bertz CT molecular complexity index is 286. The first kappa shape index (κ1) is 11.0. The van der Waals surface area contributed by atoms with Crippen molar-refractivity contribution in [2.75, 3.05) is 25.6 Å². The summed E-state index contributed by atoms with van der Waals surface area (Å²) in [7, 11) is 4.06. The molecule has 1 atom stereocenters. The Balaban J connectivity index is 2.82. The van der Waals surface area contributed by atoms with Crippen molar-refractivity contribution in [1.29, 1.82) is 0 Å². The first-order valence-corrected chi connectivity index (χ1v) is 4.74. The highest BCUT2D eigenvalue weighted by atomic mass is 16.6. The number of hydrogen-bond donors (Lipinski definition) is 1. The smallest absolute Gasteiger partial charge is 0.0745 e. The van der Waals surface area contributed by atoms with E-state index in [1.807, 2.05) is 14.1 Å². The van der Waals surface area contributed by atoms with E-state index in [1.165, 1.54) is 11.3 Å². The molecule has 1 unspecified atom stereocenters. The third kappa shape index (κ3) is 2.72. The van der Waals surface area contributed by atoms with Crippen LogP contribution >= 0.6 is 0 Å². The van der Waals surface area contributed by atoms with Crippen LogP contribution in [0.25, 0.3) is 0 Å². The molecule has 0 bridgehead atoms. The Labute approximate surface area is 85.4 Å². The number of hydrogen-bond acceptors (Lipinski definition) is 3. The summed E-state index contributed by atoms with van der Waals surface area (Å²) in [6.45, 7) is 2.65. The Morgan fingerprint density at radius 3 is 2.71 bits per heavy atom. The van der Waals surface area contributed by atoms with Crippen molar-refractivity contribution in [2.24, 2.45) is 5.90 Å². The van der Waals surface area contributed by atoms with Crippen LogP contribution in [0.5, 0.6) is 0 Å². The zero-order chi connectivity index (χ0) is 10.6. The summed E-state index contributed by atoms with van der Waals surface area (Å²) in [5, 5.41) is 0. The van der Waals surface area contributed by atoms with Gasteiger partial charge in [-0.25, -0.2) is 5.90 Å². The van der Waals surface area contributed by atoms with E-state index < -0.39 is 0 Å². The second kappa shape index (κ2) is 4.98. The van der Waals surface area contributed by atoms with Gasteiger partial charge in [0.1, 0.15) is 0 Å². The van der Waals surface area contributed by atoms with E-state index in [1.54, 1.807) is 0 Å². The van der Waals surface area contributed by atoms with Gasteiger partial charge in [0.25, 0.3) is 0 Å². The van der Waals surface area contributed by atoms with Crippen molar-refractivity contribution in [2.45, 2.75) is 12.8 Å². The number of nitrogens with two attached hydrogens (primary N) is 1. The Kier molecular flexibility index (Phi) is 3.92. The van der Waals surface area contributed by atoms with Crippen molar-refractivity contribution in [1.82, 2.24) is 0 Å². The van der Waals surface area contributed by atoms with Crippen LogP contribution in [0.15, 0.2) is 24.3 Å². The molecule has 1 aromatic rings. The van der Waals surface area contributed by atoms with Crippen LogP contribution in [0, 0.1) is 0 Å². The third-order valence-electron chi connectivity index (χ3n) is 2.30. The highest BCUT2D eigenvalue weighted by molar-refractivity contribution is 5.47. The van der Waals surface area contributed by atoms with Gasteiger partial charge >= 0.3 is 0 Å². The van der Waals surface area contributed by atoms with Crippen LogP contribution in [0.4, 0.5) is 5.69 Å². The molecule has 78 valence electrons. The van der Waals surface area contributed by atoms with Gasteiger partial charge in [-0.3, -0.25) is 0 Å². The largest absolute Gasteiger partial charge is 0.378 e. The summed E-state index contributed by atoms with van der Waals surface area (Å²) in [4.78, 5) is 6.73. The second-order valence-electron chi connectivity index (χ2n) is 3.72. The maximum Gasteiger partial charge on any atom is 0.0745 e. The van der Waals surface area contributed by atoms with Gasteiger partial charge in [0.2, 0.25) is 0 Å². The van der Waals surface area contributed by atoms with E-state index in [4.69, 9.17) is 5.90 Å².